The molecular formula is C17H19F2N3O2. The molecule has 2 aromatic rings. The highest BCUT2D eigenvalue weighted by Gasteiger charge is 2.38. The lowest BCUT2D eigenvalue weighted by Crippen LogP contribution is -2.41. The van der Waals surface area contributed by atoms with Crippen LogP contribution in [0, 0.1) is 0 Å². The van der Waals surface area contributed by atoms with Gasteiger partial charge >= 0.3 is 0 Å². The van der Waals surface area contributed by atoms with Gasteiger partial charge in [0.05, 0.1) is 6.54 Å². The summed E-state index contributed by atoms with van der Waals surface area (Å²) in [6.07, 6.45) is 0.00839. The summed E-state index contributed by atoms with van der Waals surface area (Å²) < 4.78 is 26.1. The van der Waals surface area contributed by atoms with Crippen LogP contribution in [0.3, 0.4) is 0 Å². The van der Waals surface area contributed by atoms with E-state index in [4.69, 9.17) is 0 Å². The molecule has 0 aliphatic heterocycles. The van der Waals surface area contributed by atoms with Gasteiger partial charge in [0.15, 0.2) is 0 Å². The lowest BCUT2D eigenvalue weighted by atomic mass is 9.95. The van der Waals surface area contributed by atoms with Gasteiger partial charge in [-0.15, -0.1) is 0 Å². The number of fused-ring (bicyclic) bond motifs is 1. The predicted molar refractivity (Wildman–Crippen MR) is 83.9 cm³/mol. The standard InChI is InChI=1S/C17H19F2N3O2/c1-21(16(23)14-7-9-20-22(14)10-15(18)19)11-17(24)8-6-12-4-2-3-5-13(12)17/h2-5,7,9,15,24H,6,8,10-11H2,1H3/t17-/m1/s1. The Morgan fingerprint density at radius 2 is 2.17 bits per heavy atom. The first-order chi connectivity index (χ1) is 11.4. The second-order valence-electron chi connectivity index (χ2n) is 6.14. The van der Waals surface area contributed by atoms with E-state index in [0.29, 0.717) is 6.42 Å². The van der Waals surface area contributed by atoms with E-state index in [1.54, 1.807) is 7.05 Å². The summed E-state index contributed by atoms with van der Waals surface area (Å²) in [4.78, 5) is 13.9. The maximum Gasteiger partial charge on any atom is 0.271 e. The minimum Gasteiger partial charge on any atom is -0.383 e. The molecule has 0 spiro atoms. The van der Waals surface area contributed by atoms with Crippen LogP contribution in [-0.2, 0) is 18.6 Å². The fraction of sp³-hybridized carbons (Fsp3) is 0.412. The van der Waals surface area contributed by atoms with Crippen molar-refractivity contribution in [1.82, 2.24) is 14.7 Å². The van der Waals surface area contributed by atoms with Crippen molar-refractivity contribution < 1.29 is 18.7 Å². The Labute approximate surface area is 138 Å². The summed E-state index contributed by atoms with van der Waals surface area (Å²) in [5.41, 5.74) is 0.871. The van der Waals surface area contributed by atoms with Crippen molar-refractivity contribution in [2.75, 3.05) is 13.6 Å². The Hall–Kier alpha value is -2.28. The topological polar surface area (TPSA) is 58.4 Å². The van der Waals surface area contributed by atoms with Crippen LogP contribution in [0.5, 0.6) is 0 Å². The second kappa shape index (κ2) is 6.32. The minimum atomic E-state index is -2.59. The quantitative estimate of drug-likeness (QED) is 0.910. The summed E-state index contributed by atoms with van der Waals surface area (Å²) in [6, 6.07) is 9.01. The molecular weight excluding hydrogens is 316 g/mol. The van der Waals surface area contributed by atoms with Crippen molar-refractivity contribution in [3.8, 4) is 0 Å². The van der Waals surface area contributed by atoms with Gasteiger partial charge < -0.3 is 10.0 Å². The van der Waals surface area contributed by atoms with E-state index in [1.807, 2.05) is 24.3 Å². The van der Waals surface area contributed by atoms with Crippen molar-refractivity contribution in [3.63, 3.8) is 0 Å². The number of likely N-dealkylation sites (N-methyl/N-ethyl adjacent to an activating group) is 1. The van der Waals surface area contributed by atoms with E-state index in [2.05, 4.69) is 5.10 Å². The van der Waals surface area contributed by atoms with Gasteiger partial charge in [-0.2, -0.15) is 5.10 Å². The number of aryl methyl sites for hydroxylation is 1. The molecule has 1 aliphatic carbocycles. The first kappa shape index (κ1) is 16.6. The molecule has 24 heavy (non-hydrogen) atoms. The van der Waals surface area contributed by atoms with Crippen LogP contribution in [0.4, 0.5) is 8.78 Å². The van der Waals surface area contributed by atoms with Crippen LogP contribution in [0.1, 0.15) is 28.0 Å². The number of halogens is 2. The number of alkyl halides is 2. The molecule has 0 radical (unpaired) electrons. The highest BCUT2D eigenvalue weighted by molar-refractivity contribution is 5.92. The molecule has 1 atom stereocenters. The summed E-state index contributed by atoms with van der Waals surface area (Å²) in [5, 5.41) is 14.7. The monoisotopic (exact) mass is 335 g/mol. The van der Waals surface area contributed by atoms with Gasteiger partial charge in [-0.3, -0.25) is 9.48 Å². The van der Waals surface area contributed by atoms with Crippen molar-refractivity contribution in [2.24, 2.45) is 0 Å². The number of amides is 1. The van der Waals surface area contributed by atoms with Crippen LogP contribution in [0.25, 0.3) is 0 Å². The Bertz CT molecular complexity index is 747. The Kier molecular flexibility index (Phi) is 4.36. The molecule has 3 rings (SSSR count). The fourth-order valence-corrected chi connectivity index (χ4v) is 3.28. The molecule has 0 fully saturated rings. The molecule has 128 valence electrons. The van der Waals surface area contributed by atoms with Crippen LogP contribution in [0.2, 0.25) is 0 Å². The Morgan fingerprint density at radius 1 is 1.42 bits per heavy atom. The van der Waals surface area contributed by atoms with Crippen molar-refractivity contribution in [2.45, 2.75) is 31.4 Å². The minimum absolute atomic E-state index is 0.0904. The van der Waals surface area contributed by atoms with Crippen LogP contribution < -0.4 is 0 Å². The molecule has 1 aliphatic rings. The zero-order valence-electron chi connectivity index (χ0n) is 13.3. The number of carbonyl (C=O) groups excluding carboxylic acids is 1. The number of aromatic nitrogens is 2. The second-order valence-corrected chi connectivity index (χ2v) is 6.14. The van der Waals surface area contributed by atoms with Gasteiger partial charge in [-0.1, -0.05) is 24.3 Å². The normalized spacial score (nSPS) is 19.5. The van der Waals surface area contributed by atoms with E-state index >= 15 is 0 Å². The largest absolute Gasteiger partial charge is 0.383 e. The Morgan fingerprint density at radius 3 is 2.92 bits per heavy atom. The molecule has 1 aromatic carbocycles. The third kappa shape index (κ3) is 3.03. The van der Waals surface area contributed by atoms with E-state index in [9.17, 15) is 18.7 Å². The SMILES string of the molecule is CN(C[C@]1(O)CCc2ccccc21)C(=O)c1ccnn1CC(F)F. The van der Waals surface area contributed by atoms with Gasteiger partial charge in [-0.05, 0) is 30.0 Å². The lowest BCUT2D eigenvalue weighted by molar-refractivity contribution is 0.00751. The highest BCUT2D eigenvalue weighted by Crippen LogP contribution is 2.37. The number of rotatable bonds is 5. The average Bonchev–Trinajstić information content (AvgIpc) is 3.12. The molecule has 0 saturated carbocycles. The molecule has 7 heteroatoms. The maximum absolute atomic E-state index is 12.6. The number of hydrogen-bond donors (Lipinski definition) is 1. The third-order valence-electron chi connectivity index (χ3n) is 4.42. The average molecular weight is 335 g/mol. The van der Waals surface area contributed by atoms with Gasteiger partial charge in [0.1, 0.15) is 17.8 Å². The molecule has 5 nitrogen and oxygen atoms in total. The van der Waals surface area contributed by atoms with E-state index in [0.717, 1.165) is 22.2 Å². The summed E-state index contributed by atoms with van der Waals surface area (Å²) in [7, 11) is 1.56. The van der Waals surface area contributed by atoms with E-state index in [1.165, 1.54) is 17.2 Å². The number of benzene rings is 1. The first-order valence-corrected chi connectivity index (χ1v) is 7.77. The van der Waals surface area contributed by atoms with Gasteiger partial charge in [0.25, 0.3) is 12.3 Å². The van der Waals surface area contributed by atoms with Crippen LogP contribution in [0.15, 0.2) is 36.5 Å². The van der Waals surface area contributed by atoms with Gasteiger partial charge in [-0.25, -0.2) is 8.78 Å². The number of nitrogens with zero attached hydrogens (tertiary/aromatic N) is 3. The molecule has 1 heterocycles. The number of aliphatic hydroxyl groups is 1. The zero-order chi connectivity index (χ0) is 17.3. The molecule has 0 bridgehead atoms. The van der Waals surface area contributed by atoms with Crippen LogP contribution in [-0.4, -0.2) is 45.7 Å². The van der Waals surface area contributed by atoms with Crippen molar-refractivity contribution in [3.05, 3.63) is 53.3 Å². The van der Waals surface area contributed by atoms with Crippen LogP contribution >= 0.6 is 0 Å². The van der Waals surface area contributed by atoms with E-state index in [-0.39, 0.29) is 12.2 Å². The lowest BCUT2D eigenvalue weighted by Gasteiger charge is -2.30. The number of carbonyl (C=O) groups is 1. The molecule has 0 saturated heterocycles. The number of hydrogen-bond acceptors (Lipinski definition) is 3. The van der Waals surface area contributed by atoms with E-state index < -0.39 is 24.5 Å². The highest BCUT2D eigenvalue weighted by atomic mass is 19.3. The van der Waals surface area contributed by atoms with Crippen molar-refractivity contribution in [1.29, 1.82) is 0 Å². The molecule has 1 N–H and O–H groups in total. The first-order valence-electron chi connectivity index (χ1n) is 7.77. The fourth-order valence-electron chi connectivity index (χ4n) is 3.28. The maximum atomic E-state index is 12.6. The zero-order valence-corrected chi connectivity index (χ0v) is 13.3. The Balaban J connectivity index is 1.77. The van der Waals surface area contributed by atoms with Gasteiger partial charge in [0.2, 0.25) is 0 Å². The molecule has 0 unspecified atom stereocenters. The van der Waals surface area contributed by atoms with Gasteiger partial charge in [0, 0.05) is 13.2 Å². The summed E-state index contributed by atoms with van der Waals surface area (Å²) in [6.45, 7) is -0.530. The molecule has 1 aromatic heterocycles. The molecule has 1 amide bonds. The predicted octanol–water partition coefficient (Wildman–Crippen LogP) is 2.05. The smallest absolute Gasteiger partial charge is 0.271 e. The summed E-state index contributed by atoms with van der Waals surface area (Å²) >= 11 is 0. The van der Waals surface area contributed by atoms with Crippen molar-refractivity contribution >= 4 is 5.91 Å². The third-order valence-corrected chi connectivity index (χ3v) is 4.42. The summed E-state index contributed by atoms with van der Waals surface area (Å²) in [5.74, 6) is -0.439.